The summed E-state index contributed by atoms with van der Waals surface area (Å²) in [5, 5.41) is 0. The number of carbonyl (C=O) groups excluding carboxylic acids is 1. The van der Waals surface area contributed by atoms with E-state index in [1.54, 1.807) is 7.11 Å². The summed E-state index contributed by atoms with van der Waals surface area (Å²) < 4.78 is 4.97. The maximum atomic E-state index is 10.7. The lowest BCUT2D eigenvalue weighted by Gasteiger charge is -2.01. The lowest BCUT2D eigenvalue weighted by Crippen LogP contribution is -2.10. The van der Waals surface area contributed by atoms with E-state index in [-0.39, 0.29) is 11.7 Å². The van der Waals surface area contributed by atoms with Crippen molar-refractivity contribution in [2.45, 2.75) is 60.3 Å². The molecule has 0 saturated carbocycles. The fraction of sp³-hybridized carbons (Fsp3) is 0.632. The lowest BCUT2D eigenvalue weighted by molar-refractivity contribution is -0.119. The van der Waals surface area contributed by atoms with Crippen LogP contribution in [-0.4, -0.2) is 18.6 Å². The second kappa shape index (κ2) is 16.4. The molecule has 3 heteroatoms. The first-order chi connectivity index (χ1) is 10.5. The predicted octanol–water partition coefficient (Wildman–Crippen LogP) is 5.73. The van der Waals surface area contributed by atoms with Gasteiger partial charge in [-0.15, -0.1) is 0 Å². The van der Waals surface area contributed by atoms with E-state index in [1.165, 1.54) is 24.8 Å². The highest BCUT2D eigenvalue weighted by molar-refractivity contribution is 7.81. The van der Waals surface area contributed by atoms with Crippen LogP contribution in [0, 0.1) is 12.8 Å². The van der Waals surface area contributed by atoms with E-state index < -0.39 is 0 Å². The Morgan fingerprint density at radius 3 is 1.86 bits per heavy atom. The molecule has 0 bridgehead atoms. The molecule has 0 spiro atoms. The molecule has 0 radical (unpaired) electrons. The Kier molecular flexibility index (Phi) is 17.4. The van der Waals surface area contributed by atoms with Gasteiger partial charge >= 0.3 is 0 Å². The molecule has 0 aliphatic carbocycles. The number of hydrogen-bond donors (Lipinski definition) is 1. The van der Waals surface area contributed by atoms with Crippen LogP contribution in [0.5, 0.6) is 5.75 Å². The first kappa shape index (κ1) is 23.3. The summed E-state index contributed by atoms with van der Waals surface area (Å²) in [6.45, 7) is 10.4. The molecule has 0 aliphatic heterocycles. The van der Waals surface area contributed by atoms with Gasteiger partial charge in [0.25, 0.3) is 0 Å². The minimum Gasteiger partial charge on any atom is -0.497 e. The van der Waals surface area contributed by atoms with E-state index >= 15 is 0 Å². The molecular weight excluding hydrogens is 292 g/mol. The first-order valence-corrected chi connectivity index (χ1v) is 8.84. The average Bonchev–Trinajstić information content (AvgIpc) is 2.56. The number of thiol groups is 1. The van der Waals surface area contributed by atoms with Crippen LogP contribution in [0.1, 0.15) is 58.9 Å². The minimum absolute atomic E-state index is 0.201. The van der Waals surface area contributed by atoms with Crippen molar-refractivity contribution in [2.24, 2.45) is 5.92 Å². The zero-order valence-corrected chi connectivity index (χ0v) is 16.1. The van der Waals surface area contributed by atoms with Gasteiger partial charge in [-0.1, -0.05) is 64.7 Å². The van der Waals surface area contributed by atoms with Crippen molar-refractivity contribution in [3.05, 3.63) is 29.8 Å². The second-order valence-electron chi connectivity index (χ2n) is 5.30. The molecule has 1 aromatic carbocycles. The number of Topliss-reactive ketones (excluding diaryl/α,β-unsaturated/α-hetero) is 1. The Balaban J connectivity index is 0. The third kappa shape index (κ3) is 14.0. The van der Waals surface area contributed by atoms with Crippen LogP contribution >= 0.6 is 12.6 Å². The number of ether oxygens (including phenoxy) is 1. The summed E-state index contributed by atoms with van der Waals surface area (Å²) >= 11 is 3.86. The standard InChI is InChI=1S/C8H10O.C6H12OS.C5H12/c1-7-3-5-8(9-2)6-4-7;1-3-5(2)6(7)4-8;1-3-5-4-2/h3-6H,1-2H3;5,8H,3-4H2,1-2H3;3-5H2,1-2H3. The predicted molar refractivity (Wildman–Crippen MR) is 101 cm³/mol. The molecular formula is C19H34O2S. The smallest absolute Gasteiger partial charge is 0.145 e. The van der Waals surface area contributed by atoms with Crippen LogP contribution in [0.15, 0.2) is 24.3 Å². The van der Waals surface area contributed by atoms with E-state index in [4.69, 9.17) is 4.74 Å². The number of rotatable bonds is 6. The maximum absolute atomic E-state index is 10.7. The first-order valence-electron chi connectivity index (χ1n) is 8.20. The van der Waals surface area contributed by atoms with Crippen LogP contribution in [0.2, 0.25) is 0 Å². The summed E-state index contributed by atoms with van der Waals surface area (Å²) in [7, 11) is 1.67. The number of ketones is 1. The van der Waals surface area contributed by atoms with Gasteiger partial charge in [-0.3, -0.25) is 4.79 Å². The van der Waals surface area contributed by atoms with Crippen molar-refractivity contribution in [3.63, 3.8) is 0 Å². The van der Waals surface area contributed by atoms with Crippen LogP contribution in [0.25, 0.3) is 0 Å². The van der Waals surface area contributed by atoms with Crippen LogP contribution in [0.4, 0.5) is 0 Å². The van der Waals surface area contributed by atoms with Gasteiger partial charge in [0.15, 0.2) is 0 Å². The minimum atomic E-state index is 0.201. The summed E-state index contributed by atoms with van der Waals surface area (Å²) in [4.78, 5) is 10.7. The highest BCUT2D eigenvalue weighted by Crippen LogP contribution is 2.09. The SMILES string of the molecule is CCC(C)C(=O)CS.CCCCC.COc1ccc(C)cc1. The Bertz CT molecular complexity index is 358. The summed E-state index contributed by atoms with van der Waals surface area (Å²) in [6.07, 6.45) is 5.01. The molecule has 1 rings (SSSR count). The number of benzene rings is 1. The molecule has 128 valence electrons. The number of methoxy groups -OCH3 is 1. The Morgan fingerprint density at radius 2 is 1.64 bits per heavy atom. The molecule has 22 heavy (non-hydrogen) atoms. The molecule has 0 heterocycles. The fourth-order valence-corrected chi connectivity index (χ4v) is 1.72. The van der Waals surface area contributed by atoms with Gasteiger partial charge in [0.05, 0.1) is 7.11 Å². The third-order valence-corrected chi connectivity index (χ3v) is 3.59. The molecule has 0 aromatic heterocycles. The normalized spacial score (nSPS) is 10.5. The molecule has 0 fully saturated rings. The maximum Gasteiger partial charge on any atom is 0.145 e. The molecule has 0 amide bonds. The molecule has 0 N–H and O–H groups in total. The number of carbonyl (C=O) groups is 1. The molecule has 0 aliphatic rings. The number of aryl methyl sites for hydroxylation is 1. The number of hydrogen-bond acceptors (Lipinski definition) is 3. The lowest BCUT2D eigenvalue weighted by atomic mass is 10.1. The monoisotopic (exact) mass is 326 g/mol. The van der Waals surface area contributed by atoms with E-state index in [0.29, 0.717) is 5.75 Å². The van der Waals surface area contributed by atoms with Crippen LogP contribution in [0.3, 0.4) is 0 Å². The van der Waals surface area contributed by atoms with E-state index in [2.05, 4.69) is 33.4 Å². The van der Waals surface area contributed by atoms with Gasteiger partial charge in [0, 0.05) is 11.7 Å². The third-order valence-electron chi connectivity index (χ3n) is 3.28. The van der Waals surface area contributed by atoms with Gasteiger partial charge in [0.2, 0.25) is 0 Å². The summed E-state index contributed by atoms with van der Waals surface area (Å²) in [6, 6.07) is 7.96. The van der Waals surface area contributed by atoms with Crippen molar-refractivity contribution in [1.82, 2.24) is 0 Å². The quantitative estimate of drug-likeness (QED) is 0.675. The summed E-state index contributed by atoms with van der Waals surface area (Å²) in [5.74, 6) is 1.75. The zero-order valence-electron chi connectivity index (χ0n) is 15.2. The second-order valence-corrected chi connectivity index (χ2v) is 5.62. The topological polar surface area (TPSA) is 26.3 Å². The molecule has 1 aromatic rings. The fourth-order valence-electron chi connectivity index (χ4n) is 1.41. The highest BCUT2D eigenvalue weighted by atomic mass is 32.1. The van der Waals surface area contributed by atoms with Gasteiger partial charge in [0.1, 0.15) is 11.5 Å². The van der Waals surface area contributed by atoms with Crippen molar-refractivity contribution in [3.8, 4) is 5.75 Å². The van der Waals surface area contributed by atoms with Gasteiger partial charge in [-0.05, 0) is 25.5 Å². The molecule has 0 saturated heterocycles. The summed E-state index contributed by atoms with van der Waals surface area (Å²) in [5.41, 5.74) is 1.26. The van der Waals surface area contributed by atoms with Gasteiger partial charge in [-0.2, -0.15) is 12.6 Å². The van der Waals surface area contributed by atoms with Gasteiger partial charge in [-0.25, -0.2) is 0 Å². The Hall–Kier alpha value is -0.960. The van der Waals surface area contributed by atoms with E-state index in [9.17, 15) is 4.79 Å². The van der Waals surface area contributed by atoms with Gasteiger partial charge < -0.3 is 4.74 Å². The van der Waals surface area contributed by atoms with Crippen LogP contribution < -0.4 is 4.74 Å². The molecule has 1 atom stereocenters. The van der Waals surface area contributed by atoms with E-state index in [0.717, 1.165) is 12.2 Å². The largest absolute Gasteiger partial charge is 0.497 e. The van der Waals surface area contributed by atoms with E-state index in [1.807, 2.05) is 38.1 Å². The number of unbranched alkanes of at least 4 members (excludes halogenated alkanes) is 2. The Labute approximate surface area is 143 Å². The highest BCUT2D eigenvalue weighted by Gasteiger charge is 2.06. The van der Waals surface area contributed by atoms with Crippen molar-refractivity contribution < 1.29 is 9.53 Å². The van der Waals surface area contributed by atoms with Crippen molar-refractivity contribution >= 4 is 18.4 Å². The van der Waals surface area contributed by atoms with Crippen molar-refractivity contribution in [2.75, 3.05) is 12.9 Å². The molecule has 1 unspecified atom stereocenters. The van der Waals surface area contributed by atoms with Crippen LogP contribution in [-0.2, 0) is 4.79 Å². The molecule has 2 nitrogen and oxygen atoms in total. The van der Waals surface area contributed by atoms with Crippen molar-refractivity contribution in [1.29, 1.82) is 0 Å². The Morgan fingerprint density at radius 1 is 1.14 bits per heavy atom. The zero-order chi connectivity index (χ0) is 17.4. The average molecular weight is 327 g/mol.